The Kier molecular flexibility index (Phi) is 4.22. The Morgan fingerprint density at radius 1 is 0.538 bits per heavy atom. The molecule has 0 aliphatic heterocycles. The van der Waals surface area contributed by atoms with Crippen LogP contribution in [0.1, 0.15) is 16.7 Å². The number of rotatable bonds is 3. The summed E-state index contributed by atoms with van der Waals surface area (Å²) in [6.07, 6.45) is 0. The van der Waals surface area contributed by atoms with Gasteiger partial charge in [0.25, 0.3) is 0 Å². The van der Waals surface area contributed by atoms with Gasteiger partial charge in [0.05, 0.1) is 0 Å². The van der Waals surface area contributed by atoms with Gasteiger partial charge in [0.2, 0.25) is 0 Å². The lowest BCUT2D eigenvalue weighted by atomic mass is 9.92. The third kappa shape index (κ3) is 2.86. The Labute approximate surface area is 154 Å². The van der Waals surface area contributed by atoms with Gasteiger partial charge in [0.1, 0.15) is 11.5 Å². The van der Waals surface area contributed by atoms with Gasteiger partial charge in [0.15, 0.2) is 0 Å². The maximum Gasteiger partial charge on any atom is 0.135 e. The van der Waals surface area contributed by atoms with Crippen LogP contribution in [0.2, 0.25) is 0 Å². The average Bonchev–Trinajstić information content (AvgIpc) is 2.65. The molecule has 1 heteroatoms. The highest BCUT2D eigenvalue weighted by atomic mass is 16.5. The first-order valence-corrected chi connectivity index (χ1v) is 8.97. The van der Waals surface area contributed by atoms with Crippen molar-refractivity contribution in [1.82, 2.24) is 0 Å². The molecule has 0 atom stereocenters. The van der Waals surface area contributed by atoms with Gasteiger partial charge in [0, 0.05) is 5.39 Å². The van der Waals surface area contributed by atoms with Crippen LogP contribution in [0.4, 0.5) is 0 Å². The minimum atomic E-state index is 0.903. The van der Waals surface area contributed by atoms with Crippen LogP contribution in [0.3, 0.4) is 0 Å². The summed E-state index contributed by atoms with van der Waals surface area (Å²) in [4.78, 5) is 0. The normalized spacial score (nSPS) is 10.9. The van der Waals surface area contributed by atoms with Crippen molar-refractivity contribution < 1.29 is 4.74 Å². The molecule has 4 aromatic carbocycles. The third-order valence-electron chi connectivity index (χ3n) is 5.02. The van der Waals surface area contributed by atoms with Crippen molar-refractivity contribution in [3.05, 3.63) is 95.6 Å². The van der Waals surface area contributed by atoms with E-state index in [-0.39, 0.29) is 0 Å². The zero-order valence-electron chi connectivity index (χ0n) is 15.4. The first-order valence-electron chi connectivity index (χ1n) is 8.97. The summed E-state index contributed by atoms with van der Waals surface area (Å²) in [5, 5.41) is 2.38. The predicted molar refractivity (Wildman–Crippen MR) is 110 cm³/mol. The highest BCUT2D eigenvalue weighted by Crippen LogP contribution is 2.38. The number of hydrogen-bond acceptors (Lipinski definition) is 1. The number of ether oxygens (including phenoxy) is 1. The topological polar surface area (TPSA) is 9.23 Å². The Hall–Kier alpha value is -3.06. The van der Waals surface area contributed by atoms with Crippen LogP contribution in [0.15, 0.2) is 78.9 Å². The lowest BCUT2D eigenvalue weighted by Crippen LogP contribution is -1.93. The number of para-hydroxylation sites is 1. The van der Waals surface area contributed by atoms with E-state index in [1.165, 1.54) is 33.0 Å². The molecule has 0 bridgehead atoms. The van der Waals surface area contributed by atoms with E-state index in [9.17, 15) is 0 Å². The minimum Gasteiger partial charge on any atom is -0.456 e. The summed E-state index contributed by atoms with van der Waals surface area (Å²) < 4.78 is 6.32. The molecule has 0 radical (unpaired) electrons. The van der Waals surface area contributed by atoms with Crippen LogP contribution in [0.5, 0.6) is 11.5 Å². The molecule has 0 fully saturated rings. The van der Waals surface area contributed by atoms with Crippen molar-refractivity contribution in [1.29, 1.82) is 0 Å². The highest BCUT2D eigenvalue weighted by Gasteiger charge is 2.12. The van der Waals surface area contributed by atoms with E-state index >= 15 is 0 Å². The molecule has 0 heterocycles. The van der Waals surface area contributed by atoms with Crippen molar-refractivity contribution >= 4 is 10.8 Å². The molecule has 0 spiro atoms. The quantitative estimate of drug-likeness (QED) is 0.383. The molecule has 26 heavy (non-hydrogen) atoms. The van der Waals surface area contributed by atoms with E-state index in [1.807, 2.05) is 18.2 Å². The first kappa shape index (κ1) is 16.4. The smallest absolute Gasteiger partial charge is 0.135 e. The molecule has 0 unspecified atom stereocenters. The van der Waals surface area contributed by atoms with Gasteiger partial charge in [-0.2, -0.15) is 0 Å². The van der Waals surface area contributed by atoms with Crippen LogP contribution in [0.25, 0.3) is 21.9 Å². The molecule has 0 aromatic heterocycles. The minimum absolute atomic E-state index is 0.903. The molecule has 0 aliphatic rings. The van der Waals surface area contributed by atoms with Crippen molar-refractivity contribution in [2.45, 2.75) is 20.8 Å². The van der Waals surface area contributed by atoms with Gasteiger partial charge in [-0.3, -0.25) is 0 Å². The molecule has 0 saturated carbocycles. The predicted octanol–water partition coefficient (Wildman–Crippen LogP) is 7.22. The summed E-state index contributed by atoms with van der Waals surface area (Å²) >= 11 is 0. The Morgan fingerprint density at radius 3 is 2.00 bits per heavy atom. The van der Waals surface area contributed by atoms with Crippen molar-refractivity contribution in [2.75, 3.05) is 0 Å². The van der Waals surface area contributed by atoms with E-state index in [1.54, 1.807) is 0 Å². The molecule has 4 aromatic rings. The van der Waals surface area contributed by atoms with Crippen molar-refractivity contribution in [3.63, 3.8) is 0 Å². The van der Waals surface area contributed by atoms with E-state index in [0.29, 0.717) is 0 Å². The van der Waals surface area contributed by atoms with Crippen LogP contribution in [0, 0.1) is 20.8 Å². The molecular formula is C25H22O. The second-order valence-electron chi connectivity index (χ2n) is 6.77. The summed E-state index contributed by atoms with van der Waals surface area (Å²) in [5.74, 6) is 1.81. The fraction of sp³-hybridized carbons (Fsp3) is 0.120. The Bertz CT molecular complexity index is 1090. The SMILES string of the molecule is Cc1ccccc1Oc1cccc2ccc(-c3ccccc3C)c(C)c12. The second kappa shape index (κ2) is 6.68. The highest BCUT2D eigenvalue weighted by molar-refractivity contribution is 5.96. The fourth-order valence-corrected chi connectivity index (χ4v) is 3.56. The largest absolute Gasteiger partial charge is 0.456 e. The van der Waals surface area contributed by atoms with Crippen LogP contribution >= 0.6 is 0 Å². The molecule has 0 amide bonds. The maximum atomic E-state index is 6.32. The molecule has 128 valence electrons. The van der Waals surface area contributed by atoms with Gasteiger partial charge in [-0.1, -0.05) is 66.7 Å². The number of aryl methyl sites for hydroxylation is 3. The monoisotopic (exact) mass is 338 g/mol. The van der Waals surface area contributed by atoms with Crippen molar-refractivity contribution in [2.24, 2.45) is 0 Å². The van der Waals surface area contributed by atoms with Gasteiger partial charge in [-0.05, 0) is 66.1 Å². The number of fused-ring (bicyclic) bond motifs is 1. The van der Waals surface area contributed by atoms with Gasteiger partial charge in [-0.25, -0.2) is 0 Å². The zero-order valence-corrected chi connectivity index (χ0v) is 15.4. The van der Waals surface area contributed by atoms with Crippen LogP contribution < -0.4 is 4.74 Å². The maximum absolute atomic E-state index is 6.32. The summed E-state index contributed by atoms with van der Waals surface area (Å²) in [5.41, 5.74) is 6.21. The number of hydrogen-bond donors (Lipinski definition) is 0. The fourth-order valence-electron chi connectivity index (χ4n) is 3.56. The summed E-state index contributed by atoms with van der Waals surface area (Å²) in [6, 6.07) is 27.4. The van der Waals surface area contributed by atoms with Gasteiger partial charge in [-0.15, -0.1) is 0 Å². The van der Waals surface area contributed by atoms with Crippen molar-refractivity contribution in [3.8, 4) is 22.6 Å². The lowest BCUT2D eigenvalue weighted by molar-refractivity contribution is 0.484. The number of benzene rings is 4. The lowest BCUT2D eigenvalue weighted by Gasteiger charge is -2.16. The Balaban J connectivity index is 1.91. The zero-order chi connectivity index (χ0) is 18.1. The third-order valence-corrected chi connectivity index (χ3v) is 5.02. The van der Waals surface area contributed by atoms with E-state index in [4.69, 9.17) is 4.74 Å². The molecule has 4 rings (SSSR count). The molecule has 0 saturated heterocycles. The molecule has 0 N–H and O–H groups in total. The molecular weight excluding hydrogens is 316 g/mol. The summed E-state index contributed by atoms with van der Waals surface area (Å²) in [7, 11) is 0. The average molecular weight is 338 g/mol. The van der Waals surface area contributed by atoms with Crippen LogP contribution in [-0.2, 0) is 0 Å². The second-order valence-corrected chi connectivity index (χ2v) is 6.77. The van der Waals surface area contributed by atoms with E-state index in [0.717, 1.165) is 17.1 Å². The Morgan fingerprint density at radius 2 is 1.23 bits per heavy atom. The van der Waals surface area contributed by atoms with Gasteiger partial charge < -0.3 is 4.74 Å². The van der Waals surface area contributed by atoms with Crippen LogP contribution in [-0.4, -0.2) is 0 Å². The first-order chi connectivity index (χ1) is 12.6. The van der Waals surface area contributed by atoms with Gasteiger partial charge >= 0.3 is 0 Å². The van der Waals surface area contributed by atoms with E-state index in [2.05, 4.69) is 81.4 Å². The summed E-state index contributed by atoms with van der Waals surface area (Å²) in [6.45, 7) is 6.43. The molecule has 0 aliphatic carbocycles. The molecule has 1 nitrogen and oxygen atoms in total. The van der Waals surface area contributed by atoms with E-state index < -0.39 is 0 Å². The standard InChI is InChI=1S/C25H22O/c1-17-9-4-6-12-21(17)22-16-15-20-11-8-14-24(25(20)19(22)3)26-23-13-7-5-10-18(23)2/h4-16H,1-3H3.